The van der Waals surface area contributed by atoms with Crippen molar-refractivity contribution in [1.29, 1.82) is 0 Å². The van der Waals surface area contributed by atoms with E-state index in [0.29, 0.717) is 13.0 Å². The summed E-state index contributed by atoms with van der Waals surface area (Å²) in [5, 5.41) is 0.802. The quantitative estimate of drug-likeness (QED) is 0.823. The van der Waals surface area contributed by atoms with Gasteiger partial charge in [0, 0.05) is 37.5 Å². The lowest BCUT2D eigenvalue weighted by atomic mass is 9.97. The van der Waals surface area contributed by atoms with Crippen LogP contribution >= 0.6 is 11.3 Å². The molecule has 0 aromatic carbocycles. The van der Waals surface area contributed by atoms with Gasteiger partial charge in [-0.05, 0) is 51.3 Å². The van der Waals surface area contributed by atoms with E-state index in [1.807, 2.05) is 4.90 Å². The predicted octanol–water partition coefficient (Wildman–Crippen LogP) is 1.89. The maximum atomic E-state index is 12.9. The SMILES string of the molecule is CN1CCCN(C(=O)CCn2cnc3sc4c(c3c2=O)CCCC4)CC1. The highest BCUT2D eigenvalue weighted by atomic mass is 32.1. The second-order valence-corrected chi connectivity index (χ2v) is 8.51. The molecule has 1 aliphatic heterocycles. The Kier molecular flexibility index (Phi) is 5.09. The number of likely N-dealkylation sites (N-methyl/N-ethyl adjacent to an activating group) is 1. The third kappa shape index (κ3) is 3.42. The molecule has 1 aliphatic carbocycles. The second kappa shape index (κ2) is 7.48. The van der Waals surface area contributed by atoms with Crippen molar-refractivity contribution in [2.24, 2.45) is 0 Å². The molecule has 0 N–H and O–H groups in total. The average molecular weight is 375 g/mol. The van der Waals surface area contributed by atoms with Crippen molar-refractivity contribution in [2.45, 2.75) is 45.1 Å². The van der Waals surface area contributed by atoms with Crippen LogP contribution in [0.15, 0.2) is 11.1 Å². The molecule has 3 heterocycles. The molecule has 1 amide bonds. The third-order valence-electron chi connectivity index (χ3n) is 5.58. The largest absolute Gasteiger partial charge is 0.341 e. The van der Waals surface area contributed by atoms with Crippen LogP contribution in [0.25, 0.3) is 10.2 Å². The fourth-order valence-electron chi connectivity index (χ4n) is 4.01. The van der Waals surface area contributed by atoms with E-state index >= 15 is 0 Å². The minimum Gasteiger partial charge on any atom is -0.341 e. The lowest BCUT2D eigenvalue weighted by Crippen LogP contribution is -2.35. The Labute approximate surface area is 157 Å². The maximum Gasteiger partial charge on any atom is 0.262 e. The van der Waals surface area contributed by atoms with Crippen molar-refractivity contribution in [3.8, 4) is 0 Å². The summed E-state index contributed by atoms with van der Waals surface area (Å²) in [5.41, 5.74) is 1.24. The zero-order chi connectivity index (χ0) is 18.1. The Bertz CT molecular complexity index is 872. The van der Waals surface area contributed by atoms with E-state index in [2.05, 4.69) is 16.9 Å². The van der Waals surface area contributed by atoms with E-state index in [1.54, 1.807) is 22.2 Å². The zero-order valence-electron chi connectivity index (χ0n) is 15.4. The number of fused-ring (bicyclic) bond motifs is 3. The summed E-state index contributed by atoms with van der Waals surface area (Å²) in [4.78, 5) is 36.4. The Morgan fingerprint density at radius 1 is 1.15 bits per heavy atom. The molecule has 2 aromatic rings. The molecule has 0 radical (unpaired) electrons. The van der Waals surface area contributed by atoms with Crippen LogP contribution in [-0.2, 0) is 24.2 Å². The van der Waals surface area contributed by atoms with E-state index in [1.165, 1.54) is 16.9 Å². The molecule has 7 heteroatoms. The standard InChI is InChI=1S/C19H26N4O2S/c1-21-8-4-9-22(12-11-21)16(24)7-10-23-13-20-18-17(19(23)25)14-5-2-3-6-15(14)26-18/h13H,2-12H2,1H3. The van der Waals surface area contributed by atoms with Crippen LogP contribution in [0.5, 0.6) is 0 Å². The summed E-state index contributed by atoms with van der Waals surface area (Å²) in [6.07, 6.45) is 7.40. The fourth-order valence-corrected chi connectivity index (χ4v) is 5.23. The van der Waals surface area contributed by atoms with E-state index in [4.69, 9.17) is 0 Å². The number of nitrogens with zero attached hydrogens (tertiary/aromatic N) is 4. The minimum absolute atomic E-state index is 0.0257. The molecule has 0 unspecified atom stereocenters. The smallest absolute Gasteiger partial charge is 0.262 e. The van der Waals surface area contributed by atoms with Crippen LogP contribution in [-0.4, -0.2) is 58.5 Å². The Morgan fingerprint density at radius 3 is 2.88 bits per heavy atom. The van der Waals surface area contributed by atoms with Crippen LogP contribution in [0, 0.1) is 0 Å². The van der Waals surface area contributed by atoms with Gasteiger partial charge >= 0.3 is 0 Å². The van der Waals surface area contributed by atoms with Crippen molar-refractivity contribution < 1.29 is 4.79 Å². The van der Waals surface area contributed by atoms with Crippen molar-refractivity contribution in [3.05, 3.63) is 27.1 Å². The average Bonchev–Trinajstić information content (AvgIpc) is 2.89. The molecular weight excluding hydrogens is 348 g/mol. The van der Waals surface area contributed by atoms with Gasteiger partial charge in [0.15, 0.2) is 0 Å². The van der Waals surface area contributed by atoms with Crippen LogP contribution in [0.3, 0.4) is 0 Å². The number of carbonyl (C=O) groups is 1. The van der Waals surface area contributed by atoms with Gasteiger partial charge in [-0.1, -0.05) is 0 Å². The molecule has 0 atom stereocenters. The number of hydrogen-bond donors (Lipinski definition) is 0. The van der Waals surface area contributed by atoms with Gasteiger partial charge in [-0.25, -0.2) is 4.98 Å². The van der Waals surface area contributed by atoms with Gasteiger partial charge in [0.05, 0.1) is 11.7 Å². The highest BCUT2D eigenvalue weighted by Crippen LogP contribution is 2.33. The number of amides is 1. The van der Waals surface area contributed by atoms with Crippen LogP contribution in [0.2, 0.25) is 0 Å². The first-order valence-corrected chi connectivity index (χ1v) is 10.4. The topological polar surface area (TPSA) is 58.4 Å². The van der Waals surface area contributed by atoms with Gasteiger partial charge in [0.2, 0.25) is 5.91 Å². The van der Waals surface area contributed by atoms with Crippen molar-refractivity contribution in [1.82, 2.24) is 19.4 Å². The molecule has 1 saturated heterocycles. The van der Waals surface area contributed by atoms with E-state index in [9.17, 15) is 9.59 Å². The molecule has 0 saturated carbocycles. The molecule has 2 aromatic heterocycles. The first-order chi connectivity index (χ1) is 12.6. The molecule has 4 rings (SSSR count). The van der Waals surface area contributed by atoms with Gasteiger partial charge in [-0.15, -0.1) is 11.3 Å². The third-order valence-corrected chi connectivity index (χ3v) is 6.78. The molecule has 0 spiro atoms. The number of thiophene rings is 1. The molecule has 2 aliphatic rings. The monoisotopic (exact) mass is 374 g/mol. The van der Waals surface area contributed by atoms with Gasteiger partial charge in [0.1, 0.15) is 4.83 Å². The van der Waals surface area contributed by atoms with Crippen LogP contribution < -0.4 is 5.56 Å². The van der Waals surface area contributed by atoms with Crippen molar-refractivity contribution in [3.63, 3.8) is 0 Å². The number of carbonyl (C=O) groups excluding carboxylic acids is 1. The molecular formula is C19H26N4O2S. The number of aromatic nitrogens is 2. The Balaban J connectivity index is 1.50. The normalized spacial score (nSPS) is 18.7. The van der Waals surface area contributed by atoms with Gasteiger partial charge in [-0.3, -0.25) is 14.2 Å². The first-order valence-electron chi connectivity index (χ1n) is 9.59. The van der Waals surface area contributed by atoms with Crippen LogP contribution in [0.1, 0.15) is 36.1 Å². The van der Waals surface area contributed by atoms with Gasteiger partial charge in [-0.2, -0.15) is 0 Å². The summed E-state index contributed by atoms with van der Waals surface area (Å²) >= 11 is 1.67. The van der Waals surface area contributed by atoms with Gasteiger partial charge < -0.3 is 9.80 Å². The molecule has 140 valence electrons. The second-order valence-electron chi connectivity index (χ2n) is 7.42. The summed E-state index contributed by atoms with van der Waals surface area (Å²) in [5.74, 6) is 0.139. The molecule has 1 fully saturated rings. The van der Waals surface area contributed by atoms with E-state index in [-0.39, 0.29) is 11.5 Å². The van der Waals surface area contributed by atoms with Crippen LogP contribution in [0.4, 0.5) is 0 Å². The summed E-state index contributed by atoms with van der Waals surface area (Å²) in [6, 6.07) is 0. The minimum atomic E-state index is 0.0257. The van der Waals surface area contributed by atoms with E-state index in [0.717, 1.165) is 62.1 Å². The number of aryl methyl sites for hydroxylation is 3. The summed E-state index contributed by atoms with van der Waals surface area (Å²) in [6.45, 7) is 3.96. The van der Waals surface area contributed by atoms with Gasteiger partial charge in [0.25, 0.3) is 5.56 Å². The molecule has 6 nitrogen and oxygen atoms in total. The molecule has 26 heavy (non-hydrogen) atoms. The zero-order valence-corrected chi connectivity index (χ0v) is 16.2. The first kappa shape index (κ1) is 17.7. The number of rotatable bonds is 3. The number of hydrogen-bond acceptors (Lipinski definition) is 5. The van der Waals surface area contributed by atoms with Crippen molar-refractivity contribution in [2.75, 3.05) is 33.2 Å². The molecule has 0 bridgehead atoms. The Hall–Kier alpha value is -1.73. The van der Waals surface area contributed by atoms with E-state index < -0.39 is 0 Å². The summed E-state index contributed by atoms with van der Waals surface area (Å²) in [7, 11) is 2.09. The van der Waals surface area contributed by atoms with Crippen molar-refractivity contribution >= 4 is 27.5 Å². The fraction of sp³-hybridized carbons (Fsp3) is 0.632. The lowest BCUT2D eigenvalue weighted by molar-refractivity contribution is -0.131. The Morgan fingerprint density at radius 2 is 2.00 bits per heavy atom. The summed E-state index contributed by atoms with van der Waals surface area (Å²) < 4.78 is 1.63. The highest BCUT2D eigenvalue weighted by molar-refractivity contribution is 7.18. The maximum absolute atomic E-state index is 12.9. The predicted molar refractivity (Wildman–Crippen MR) is 104 cm³/mol. The highest BCUT2D eigenvalue weighted by Gasteiger charge is 2.21. The lowest BCUT2D eigenvalue weighted by Gasteiger charge is -2.20.